The van der Waals surface area contributed by atoms with E-state index in [1.165, 1.54) is 10.4 Å². The molecular formula is C22H27N3O2S. The van der Waals surface area contributed by atoms with Crippen LogP contribution in [0.1, 0.15) is 11.1 Å². The van der Waals surface area contributed by atoms with Crippen LogP contribution in [0.5, 0.6) is 5.75 Å². The Morgan fingerprint density at radius 3 is 2.68 bits per heavy atom. The SMILES string of the molecule is CNC[C@H](O)CN(C)Cc1ccccc1OCc1ccc(-c2cncs2)cc1. The fourth-order valence-corrected chi connectivity index (χ4v) is 3.70. The minimum absolute atomic E-state index is 0.389. The van der Waals surface area contributed by atoms with Gasteiger partial charge in [0.05, 0.1) is 16.5 Å². The van der Waals surface area contributed by atoms with E-state index in [1.807, 2.05) is 44.0 Å². The van der Waals surface area contributed by atoms with Crippen LogP contribution < -0.4 is 10.1 Å². The fraction of sp³-hybridized carbons (Fsp3) is 0.318. The standard InChI is InChI=1S/C22H27N3O2S/c1-23-11-20(26)14-25(2)13-19-5-3-4-6-21(19)27-15-17-7-9-18(10-8-17)22-12-24-16-28-22/h3-10,12,16,20,23,26H,11,13-15H2,1-2H3/t20-/m0/s1. The molecule has 148 valence electrons. The van der Waals surface area contributed by atoms with Crippen LogP contribution in [-0.2, 0) is 13.2 Å². The highest BCUT2D eigenvalue weighted by molar-refractivity contribution is 7.13. The topological polar surface area (TPSA) is 57.6 Å². The first-order valence-corrected chi connectivity index (χ1v) is 10.2. The summed E-state index contributed by atoms with van der Waals surface area (Å²) in [7, 11) is 3.85. The van der Waals surface area contributed by atoms with Crippen LogP contribution in [0.25, 0.3) is 10.4 Å². The molecule has 1 atom stereocenters. The molecule has 5 nitrogen and oxygen atoms in total. The average molecular weight is 398 g/mol. The Morgan fingerprint density at radius 1 is 1.18 bits per heavy atom. The number of benzene rings is 2. The van der Waals surface area contributed by atoms with Crippen LogP contribution in [0.15, 0.2) is 60.2 Å². The normalized spacial score (nSPS) is 12.3. The molecule has 3 rings (SSSR count). The number of thiazole rings is 1. The molecule has 0 bridgehead atoms. The second-order valence-corrected chi connectivity index (χ2v) is 7.75. The summed E-state index contributed by atoms with van der Waals surface area (Å²) >= 11 is 1.64. The molecule has 2 aromatic carbocycles. The van der Waals surface area contributed by atoms with Gasteiger partial charge in [0.1, 0.15) is 12.4 Å². The van der Waals surface area contributed by atoms with Gasteiger partial charge < -0.3 is 15.2 Å². The lowest BCUT2D eigenvalue weighted by molar-refractivity contribution is 0.122. The number of hydrogen-bond donors (Lipinski definition) is 2. The molecule has 2 N–H and O–H groups in total. The Labute approximate surface area is 170 Å². The number of likely N-dealkylation sites (N-methyl/N-ethyl adjacent to an activating group) is 2. The van der Waals surface area contributed by atoms with Gasteiger partial charge in [-0.3, -0.25) is 9.88 Å². The third kappa shape index (κ3) is 5.87. The lowest BCUT2D eigenvalue weighted by Crippen LogP contribution is -2.35. The number of nitrogens with zero attached hydrogens (tertiary/aromatic N) is 2. The Kier molecular flexibility index (Phi) is 7.56. The van der Waals surface area contributed by atoms with Crippen LogP contribution in [-0.4, -0.2) is 48.3 Å². The van der Waals surface area contributed by atoms with Crippen molar-refractivity contribution in [3.8, 4) is 16.2 Å². The summed E-state index contributed by atoms with van der Waals surface area (Å²) in [6.07, 6.45) is 1.50. The summed E-state index contributed by atoms with van der Waals surface area (Å²) in [4.78, 5) is 7.40. The van der Waals surface area contributed by atoms with Gasteiger partial charge in [0.2, 0.25) is 0 Å². The minimum Gasteiger partial charge on any atom is -0.489 e. The smallest absolute Gasteiger partial charge is 0.124 e. The van der Waals surface area contributed by atoms with Gasteiger partial charge in [-0.15, -0.1) is 11.3 Å². The predicted molar refractivity (Wildman–Crippen MR) is 115 cm³/mol. The maximum absolute atomic E-state index is 9.97. The Hall–Kier alpha value is -2.25. The van der Waals surface area contributed by atoms with Crippen LogP contribution in [0.2, 0.25) is 0 Å². The molecule has 0 unspecified atom stereocenters. The van der Waals surface area contributed by atoms with E-state index >= 15 is 0 Å². The van der Waals surface area contributed by atoms with Gasteiger partial charge in [-0.1, -0.05) is 42.5 Å². The molecule has 0 radical (unpaired) electrons. The van der Waals surface area contributed by atoms with Gasteiger partial charge in [0, 0.05) is 31.4 Å². The molecule has 0 amide bonds. The average Bonchev–Trinajstić information content (AvgIpc) is 3.22. The fourth-order valence-electron chi connectivity index (χ4n) is 3.08. The first-order valence-electron chi connectivity index (χ1n) is 9.35. The number of para-hydroxylation sites is 1. The summed E-state index contributed by atoms with van der Waals surface area (Å²) in [5, 5.41) is 13.0. The first-order chi connectivity index (χ1) is 13.7. The number of hydrogen-bond acceptors (Lipinski definition) is 6. The number of aliphatic hydroxyl groups excluding tert-OH is 1. The van der Waals surface area contributed by atoms with Crippen molar-refractivity contribution in [2.45, 2.75) is 19.3 Å². The highest BCUT2D eigenvalue weighted by Gasteiger charge is 2.11. The van der Waals surface area contributed by atoms with Crippen molar-refractivity contribution >= 4 is 11.3 Å². The Bertz CT molecular complexity index is 837. The largest absolute Gasteiger partial charge is 0.489 e. The molecule has 0 aliphatic rings. The van der Waals surface area contributed by atoms with Crippen molar-refractivity contribution < 1.29 is 9.84 Å². The highest BCUT2D eigenvalue weighted by Crippen LogP contribution is 2.24. The maximum atomic E-state index is 9.97. The first kappa shape index (κ1) is 20.5. The molecule has 3 aromatic rings. The second-order valence-electron chi connectivity index (χ2n) is 6.87. The third-order valence-electron chi connectivity index (χ3n) is 4.44. The lowest BCUT2D eigenvalue weighted by atomic mass is 10.1. The van der Waals surface area contributed by atoms with Crippen LogP contribution in [0.4, 0.5) is 0 Å². The van der Waals surface area contributed by atoms with Gasteiger partial charge in [0.15, 0.2) is 0 Å². The Morgan fingerprint density at radius 2 is 1.96 bits per heavy atom. The van der Waals surface area contributed by atoms with Crippen LogP contribution in [0, 0.1) is 0 Å². The zero-order valence-electron chi connectivity index (χ0n) is 16.3. The summed E-state index contributed by atoms with van der Waals surface area (Å²) < 4.78 is 6.10. The quantitative estimate of drug-likeness (QED) is 0.549. The van der Waals surface area contributed by atoms with Gasteiger partial charge >= 0.3 is 0 Å². The van der Waals surface area contributed by atoms with E-state index in [2.05, 4.69) is 45.5 Å². The zero-order chi connectivity index (χ0) is 19.8. The van der Waals surface area contributed by atoms with E-state index in [1.54, 1.807) is 11.3 Å². The Balaban J connectivity index is 1.59. The molecule has 0 saturated carbocycles. The van der Waals surface area contributed by atoms with E-state index in [0.29, 0.717) is 19.7 Å². The molecule has 28 heavy (non-hydrogen) atoms. The van der Waals surface area contributed by atoms with Gasteiger partial charge in [-0.2, -0.15) is 0 Å². The van der Waals surface area contributed by atoms with E-state index in [-0.39, 0.29) is 6.10 Å². The third-order valence-corrected chi connectivity index (χ3v) is 5.26. The summed E-state index contributed by atoms with van der Waals surface area (Å²) in [5.74, 6) is 0.879. The van der Waals surface area contributed by atoms with Crippen molar-refractivity contribution in [1.29, 1.82) is 0 Å². The summed E-state index contributed by atoms with van der Waals surface area (Å²) in [5.41, 5.74) is 5.26. The van der Waals surface area contributed by atoms with Crippen LogP contribution >= 0.6 is 11.3 Å². The molecule has 0 spiro atoms. The summed E-state index contributed by atoms with van der Waals surface area (Å²) in [6, 6.07) is 16.5. The van der Waals surface area contributed by atoms with Crippen molar-refractivity contribution in [2.24, 2.45) is 0 Å². The molecule has 0 aliphatic heterocycles. The lowest BCUT2D eigenvalue weighted by Gasteiger charge is -2.22. The molecule has 0 fully saturated rings. The van der Waals surface area contributed by atoms with Crippen molar-refractivity contribution in [1.82, 2.24) is 15.2 Å². The number of nitrogens with one attached hydrogen (secondary N) is 1. The molecule has 0 aliphatic carbocycles. The monoisotopic (exact) mass is 397 g/mol. The van der Waals surface area contributed by atoms with E-state index in [0.717, 1.165) is 23.4 Å². The second kappa shape index (κ2) is 10.3. The number of aromatic nitrogens is 1. The van der Waals surface area contributed by atoms with Crippen molar-refractivity contribution in [3.63, 3.8) is 0 Å². The van der Waals surface area contributed by atoms with E-state index in [4.69, 9.17) is 4.74 Å². The zero-order valence-corrected chi connectivity index (χ0v) is 17.2. The molecule has 6 heteroatoms. The number of ether oxygens (including phenoxy) is 1. The number of rotatable bonds is 10. The van der Waals surface area contributed by atoms with E-state index in [9.17, 15) is 5.11 Å². The van der Waals surface area contributed by atoms with Crippen LogP contribution in [0.3, 0.4) is 0 Å². The molecule has 0 saturated heterocycles. The minimum atomic E-state index is -0.389. The number of aliphatic hydroxyl groups is 1. The highest BCUT2D eigenvalue weighted by atomic mass is 32.1. The maximum Gasteiger partial charge on any atom is 0.124 e. The van der Waals surface area contributed by atoms with Crippen molar-refractivity contribution in [2.75, 3.05) is 27.2 Å². The van der Waals surface area contributed by atoms with Gasteiger partial charge in [-0.05, 0) is 31.3 Å². The summed E-state index contributed by atoms with van der Waals surface area (Å²) in [6.45, 7) is 2.43. The van der Waals surface area contributed by atoms with E-state index < -0.39 is 0 Å². The van der Waals surface area contributed by atoms with Gasteiger partial charge in [-0.25, -0.2) is 0 Å². The molecule has 1 heterocycles. The molecule has 1 aromatic heterocycles. The molecular weight excluding hydrogens is 370 g/mol. The predicted octanol–water partition coefficient (Wildman–Crippen LogP) is 3.40. The van der Waals surface area contributed by atoms with Gasteiger partial charge in [0.25, 0.3) is 0 Å². The van der Waals surface area contributed by atoms with Crippen molar-refractivity contribution in [3.05, 3.63) is 71.4 Å².